The minimum atomic E-state index is -3.25. The maximum absolute atomic E-state index is 11.7. The molecular formula is C15H17NO3S. The van der Waals surface area contributed by atoms with Gasteiger partial charge in [-0.1, -0.05) is 13.0 Å². The molecule has 0 radical (unpaired) electrons. The molecule has 0 saturated carbocycles. The van der Waals surface area contributed by atoms with Gasteiger partial charge in [-0.15, -0.1) is 0 Å². The van der Waals surface area contributed by atoms with Crippen LogP contribution in [0.15, 0.2) is 40.2 Å². The number of benzene rings is 1. The molecular weight excluding hydrogens is 274 g/mol. The van der Waals surface area contributed by atoms with Crippen LogP contribution in [0.2, 0.25) is 0 Å². The third kappa shape index (κ3) is 2.82. The number of aryl methyl sites for hydroxylation is 2. The first-order valence-electron chi connectivity index (χ1n) is 6.35. The predicted octanol–water partition coefficient (Wildman–Crippen LogP) is 2.32. The lowest BCUT2D eigenvalue weighted by atomic mass is 9.99. The normalized spacial score (nSPS) is 11.6. The monoisotopic (exact) mass is 291 g/mol. The zero-order valence-electron chi connectivity index (χ0n) is 11.7. The maximum atomic E-state index is 11.7. The first kappa shape index (κ1) is 14.5. The number of aromatic amines is 1. The van der Waals surface area contributed by atoms with Crippen LogP contribution in [-0.2, 0) is 16.3 Å². The summed E-state index contributed by atoms with van der Waals surface area (Å²) in [5.74, 6) is 0. The molecule has 5 heteroatoms. The molecule has 4 nitrogen and oxygen atoms in total. The van der Waals surface area contributed by atoms with E-state index in [1.165, 1.54) is 6.26 Å². The van der Waals surface area contributed by atoms with Gasteiger partial charge in [0, 0.05) is 18.0 Å². The van der Waals surface area contributed by atoms with Gasteiger partial charge in [-0.2, -0.15) is 0 Å². The highest BCUT2D eigenvalue weighted by Crippen LogP contribution is 2.26. The van der Waals surface area contributed by atoms with E-state index in [-0.39, 0.29) is 10.5 Å². The van der Waals surface area contributed by atoms with Crippen LogP contribution in [0.25, 0.3) is 11.1 Å². The molecule has 0 aliphatic heterocycles. The van der Waals surface area contributed by atoms with Crippen molar-refractivity contribution in [2.75, 3.05) is 6.26 Å². The van der Waals surface area contributed by atoms with Gasteiger partial charge in [-0.3, -0.25) is 4.79 Å². The van der Waals surface area contributed by atoms with Gasteiger partial charge in [0.2, 0.25) is 0 Å². The Balaban J connectivity index is 2.70. The van der Waals surface area contributed by atoms with Crippen LogP contribution in [0.1, 0.15) is 18.1 Å². The Morgan fingerprint density at radius 2 is 1.90 bits per heavy atom. The molecule has 106 valence electrons. The summed E-state index contributed by atoms with van der Waals surface area (Å²) in [6, 6.07) is 6.89. The number of rotatable bonds is 3. The Bertz CT molecular complexity index is 804. The molecule has 0 aliphatic rings. The number of H-pyrrole nitrogens is 1. The van der Waals surface area contributed by atoms with Crippen molar-refractivity contribution < 1.29 is 8.42 Å². The average Bonchev–Trinajstić information content (AvgIpc) is 2.40. The van der Waals surface area contributed by atoms with E-state index in [1.54, 1.807) is 31.3 Å². The number of pyridine rings is 1. The summed E-state index contributed by atoms with van der Waals surface area (Å²) in [5, 5.41) is 0. The second-order valence-corrected chi connectivity index (χ2v) is 6.86. The van der Waals surface area contributed by atoms with Gasteiger partial charge >= 0.3 is 0 Å². The topological polar surface area (TPSA) is 67.0 Å². The van der Waals surface area contributed by atoms with Crippen molar-refractivity contribution >= 4 is 9.84 Å². The molecule has 0 unspecified atom stereocenters. The van der Waals surface area contributed by atoms with Gasteiger partial charge in [0.25, 0.3) is 5.56 Å². The van der Waals surface area contributed by atoms with Gasteiger partial charge in [0.15, 0.2) is 9.84 Å². The minimum absolute atomic E-state index is 0.133. The predicted molar refractivity (Wildman–Crippen MR) is 79.7 cm³/mol. The highest BCUT2D eigenvalue weighted by molar-refractivity contribution is 7.90. The Kier molecular flexibility index (Phi) is 3.81. The summed E-state index contributed by atoms with van der Waals surface area (Å²) < 4.78 is 23.4. The van der Waals surface area contributed by atoms with Crippen LogP contribution >= 0.6 is 0 Å². The van der Waals surface area contributed by atoms with E-state index in [0.717, 1.165) is 23.1 Å². The third-order valence-electron chi connectivity index (χ3n) is 3.29. The maximum Gasteiger partial charge on any atom is 0.250 e. The summed E-state index contributed by atoms with van der Waals surface area (Å²) in [7, 11) is -3.25. The smallest absolute Gasteiger partial charge is 0.250 e. The van der Waals surface area contributed by atoms with Gasteiger partial charge < -0.3 is 4.98 Å². The van der Waals surface area contributed by atoms with Crippen molar-refractivity contribution in [3.8, 4) is 11.1 Å². The SMILES string of the molecule is CCc1ccc(S(C)(=O)=O)cc1-c1c[nH]c(=O)c(C)c1. The van der Waals surface area contributed by atoms with Crippen molar-refractivity contribution in [3.63, 3.8) is 0 Å². The van der Waals surface area contributed by atoms with Crippen molar-refractivity contribution in [2.24, 2.45) is 0 Å². The molecule has 0 amide bonds. The first-order chi connectivity index (χ1) is 9.32. The third-order valence-corrected chi connectivity index (χ3v) is 4.40. The fourth-order valence-corrected chi connectivity index (χ4v) is 2.76. The number of hydrogen-bond acceptors (Lipinski definition) is 3. The van der Waals surface area contributed by atoms with Crippen LogP contribution in [0, 0.1) is 6.92 Å². The molecule has 0 spiro atoms. The fraction of sp³-hybridized carbons (Fsp3) is 0.267. The van der Waals surface area contributed by atoms with E-state index < -0.39 is 9.84 Å². The summed E-state index contributed by atoms with van der Waals surface area (Å²) >= 11 is 0. The highest BCUT2D eigenvalue weighted by Gasteiger charge is 2.12. The molecule has 0 saturated heterocycles. The van der Waals surface area contributed by atoms with Crippen molar-refractivity contribution in [2.45, 2.75) is 25.2 Å². The molecule has 0 aliphatic carbocycles. The Morgan fingerprint density at radius 3 is 2.45 bits per heavy atom. The first-order valence-corrected chi connectivity index (χ1v) is 8.24. The van der Waals surface area contributed by atoms with Gasteiger partial charge in [-0.25, -0.2) is 8.42 Å². The Hall–Kier alpha value is -1.88. The van der Waals surface area contributed by atoms with Crippen LogP contribution in [-0.4, -0.2) is 19.7 Å². The van der Waals surface area contributed by atoms with Crippen molar-refractivity contribution in [3.05, 3.63) is 51.9 Å². The Labute approximate surface area is 118 Å². The molecule has 1 aromatic heterocycles. The second-order valence-electron chi connectivity index (χ2n) is 4.85. The summed E-state index contributed by atoms with van der Waals surface area (Å²) in [6.45, 7) is 3.74. The number of nitrogens with one attached hydrogen (secondary N) is 1. The van der Waals surface area contributed by atoms with Gasteiger partial charge in [0.05, 0.1) is 4.90 Å². The standard InChI is InChI=1S/C15H17NO3S/c1-4-11-5-6-13(20(3,18)19)8-14(11)12-7-10(2)15(17)16-9-12/h5-9H,4H2,1-3H3,(H,16,17). The van der Waals surface area contributed by atoms with E-state index in [2.05, 4.69) is 4.98 Å². The van der Waals surface area contributed by atoms with E-state index in [4.69, 9.17) is 0 Å². The largest absolute Gasteiger partial charge is 0.328 e. The molecule has 1 heterocycles. The van der Waals surface area contributed by atoms with Crippen LogP contribution in [0.3, 0.4) is 0 Å². The minimum Gasteiger partial charge on any atom is -0.328 e. The van der Waals surface area contributed by atoms with Crippen molar-refractivity contribution in [1.82, 2.24) is 4.98 Å². The molecule has 0 bridgehead atoms. The summed E-state index contributed by atoms with van der Waals surface area (Å²) in [6.07, 6.45) is 3.60. The lowest BCUT2D eigenvalue weighted by molar-refractivity contribution is 0.602. The summed E-state index contributed by atoms with van der Waals surface area (Å²) in [4.78, 5) is 14.4. The highest BCUT2D eigenvalue weighted by atomic mass is 32.2. The lowest BCUT2D eigenvalue weighted by Gasteiger charge is -2.10. The molecule has 0 fully saturated rings. The van der Waals surface area contributed by atoms with E-state index in [0.29, 0.717) is 5.56 Å². The van der Waals surface area contributed by atoms with Gasteiger partial charge in [0.1, 0.15) is 0 Å². The van der Waals surface area contributed by atoms with E-state index in [1.807, 2.05) is 13.0 Å². The average molecular weight is 291 g/mol. The van der Waals surface area contributed by atoms with Crippen LogP contribution < -0.4 is 5.56 Å². The number of hydrogen-bond donors (Lipinski definition) is 1. The zero-order valence-corrected chi connectivity index (χ0v) is 12.5. The van der Waals surface area contributed by atoms with Crippen LogP contribution in [0.4, 0.5) is 0 Å². The van der Waals surface area contributed by atoms with Crippen LogP contribution in [0.5, 0.6) is 0 Å². The quantitative estimate of drug-likeness (QED) is 0.943. The van der Waals surface area contributed by atoms with E-state index >= 15 is 0 Å². The van der Waals surface area contributed by atoms with Crippen molar-refractivity contribution in [1.29, 1.82) is 0 Å². The molecule has 20 heavy (non-hydrogen) atoms. The molecule has 0 atom stereocenters. The zero-order chi connectivity index (χ0) is 14.9. The molecule has 1 aromatic carbocycles. The number of aromatic nitrogens is 1. The van der Waals surface area contributed by atoms with E-state index in [9.17, 15) is 13.2 Å². The Morgan fingerprint density at radius 1 is 1.20 bits per heavy atom. The number of sulfone groups is 1. The molecule has 2 aromatic rings. The fourth-order valence-electron chi connectivity index (χ4n) is 2.12. The summed E-state index contributed by atoms with van der Waals surface area (Å²) in [5.41, 5.74) is 3.18. The lowest BCUT2D eigenvalue weighted by Crippen LogP contribution is -2.08. The second kappa shape index (κ2) is 5.25. The molecule has 1 N–H and O–H groups in total. The molecule has 2 rings (SSSR count). The van der Waals surface area contributed by atoms with Gasteiger partial charge in [-0.05, 0) is 48.2 Å².